The van der Waals surface area contributed by atoms with Gasteiger partial charge in [-0.2, -0.15) is 0 Å². The summed E-state index contributed by atoms with van der Waals surface area (Å²) < 4.78 is 11.2. The second kappa shape index (κ2) is 13.1. The van der Waals surface area contributed by atoms with E-state index in [0.717, 1.165) is 67.9 Å². The number of rotatable bonds is 12. The Bertz CT molecular complexity index is 937. The number of ether oxygens (including phenoxy) is 2. The molecule has 3 rings (SSSR count). The number of likely N-dealkylation sites (N-methyl/N-ethyl adjacent to an activating group) is 1. The van der Waals surface area contributed by atoms with Crippen LogP contribution in [0.25, 0.3) is 11.1 Å². The molecule has 7 heteroatoms. The zero-order chi connectivity index (χ0) is 24.3. The third-order valence-electron chi connectivity index (χ3n) is 6.14. The molecule has 1 aliphatic rings. The topological polar surface area (TPSA) is 79.3 Å². The van der Waals surface area contributed by atoms with Crippen LogP contribution in [0.4, 0.5) is 0 Å². The van der Waals surface area contributed by atoms with Crippen LogP contribution in [-0.4, -0.2) is 80.3 Å². The summed E-state index contributed by atoms with van der Waals surface area (Å²) in [7, 11) is 3.75. The minimum absolute atomic E-state index is 0.0763. The van der Waals surface area contributed by atoms with Crippen LogP contribution in [0.2, 0.25) is 0 Å². The lowest BCUT2D eigenvalue weighted by Crippen LogP contribution is -2.47. The number of benzene rings is 2. The van der Waals surface area contributed by atoms with Gasteiger partial charge in [-0.05, 0) is 55.6 Å². The van der Waals surface area contributed by atoms with Gasteiger partial charge in [-0.15, -0.1) is 0 Å². The summed E-state index contributed by atoms with van der Waals surface area (Å²) in [6, 6.07) is 13.9. The van der Waals surface area contributed by atoms with Gasteiger partial charge in [-0.25, -0.2) is 0 Å². The number of carbonyl (C=O) groups is 2. The number of hydrogen-bond acceptors (Lipinski definition) is 5. The fourth-order valence-corrected chi connectivity index (χ4v) is 4.06. The summed E-state index contributed by atoms with van der Waals surface area (Å²) in [5.41, 5.74) is 3.79. The molecule has 2 aromatic carbocycles. The molecule has 7 nitrogen and oxygen atoms in total. The summed E-state index contributed by atoms with van der Waals surface area (Å²) in [6.45, 7) is 4.48. The second-order valence-corrected chi connectivity index (χ2v) is 8.80. The Morgan fingerprint density at radius 2 is 1.68 bits per heavy atom. The Hall–Kier alpha value is -2.90. The first-order valence-corrected chi connectivity index (χ1v) is 12.0. The first-order valence-electron chi connectivity index (χ1n) is 12.0. The van der Waals surface area contributed by atoms with Crippen LogP contribution in [-0.2, 0) is 16.0 Å². The number of piperazine rings is 1. The van der Waals surface area contributed by atoms with Gasteiger partial charge in [0.1, 0.15) is 5.75 Å². The van der Waals surface area contributed by atoms with Crippen LogP contribution >= 0.6 is 0 Å². The molecule has 0 radical (unpaired) electrons. The number of hydrogen-bond donors (Lipinski definition) is 1. The molecular formula is C27H36N2O5. The minimum atomic E-state index is -0.757. The van der Waals surface area contributed by atoms with Crippen LogP contribution in [0.5, 0.6) is 5.75 Å². The maximum atomic E-state index is 12.9. The second-order valence-electron chi connectivity index (χ2n) is 8.80. The third kappa shape index (κ3) is 7.57. The van der Waals surface area contributed by atoms with Crippen LogP contribution in [0, 0.1) is 0 Å². The summed E-state index contributed by atoms with van der Waals surface area (Å²) in [6.07, 6.45) is 3.26. The van der Waals surface area contributed by atoms with E-state index in [0.29, 0.717) is 25.2 Å². The van der Waals surface area contributed by atoms with Gasteiger partial charge in [0.25, 0.3) is 5.91 Å². The Balaban J connectivity index is 1.72. The molecule has 1 saturated heterocycles. The van der Waals surface area contributed by atoms with Crippen molar-refractivity contribution in [1.29, 1.82) is 0 Å². The average Bonchev–Trinajstić information content (AvgIpc) is 2.85. The van der Waals surface area contributed by atoms with Gasteiger partial charge in [0.2, 0.25) is 0 Å². The van der Waals surface area contributed by atoms with E-state index in [2.05, 4.69) is 24.1 Å². The van der Waals surface area contributed by atoms with Crippen molar-refractivity contribution in [1.82, 2.24) is 9.80 Å². The summed E-state index contributed by atoms with van der Waals surface area (Å²) >= 11 is 0. The maximum absolute atomic E-state index is 12.9. The predicted octanol–water partition coefficient (Wildman–Crippen LogP) is 3.95. The van der Waals surface area contributed by atoms with Crippen molar-refractivity contribution in [3.05, 3.63) is 53.6 Å². The van der Waals surface area contributed by atoms with Gasteiger partial charge in [-0.3, -0.25) is 9.59 Å². The highest BCUT2D eigenvalue weighted by atomic mass is 16.5. The molecule has 0 atom stereocenters. The van der Waals surface area contributed by atoms with E-state index in [1.165, 1.54) is 0 Å². The highest BCUT2D eigenvalue weighted by Gasteiger charge is 2.20. The average molecular weight is 469 g/mol. The van der Waals surface area contributed by atoms with Gasteiger partial charge in [0.05, 0.1) is 6.61 Å². The number of unbranched alkanes of at least 4 members (excludes halogenated alkanes) is 1. The molecule has 0 spiro atoms. The highest BCUT2D eigenvalue weighted by Crippen LogP contribution is 2.32. The van der Waals surface area contributed by atoms with Crippen molar-refractivity contribution in [3.8, 4) is 16.9 Å². The largest absolute Gasteiger partial charge is 0.493 e. The maximum Gasteiger partial charge on any atom is 0.303 e. The molecule has 34 heavy (non-hydrogen) atoms. The lowest BCUT2D eigenvalue weighted by molar-refractivity contribution is -0.137. The number of amides is 1. The molecule has 184 valence electrons. The monoisotopic (exact) mass is 468 g/mol. The van der Waals surface area contributed by atoms with Crippen LogP contribution < -0.4 is 4.74 Å². The van der Waals surface area contributed by atoms with Gasteiger partial charge in [0.15, 0.2) is 0 Å². The lowest BCUT2D eigenvalue weighted by atomic mass is 9.99. The SMILES string of the molecule is COCCCOc1cc(CCCCC(=O)O)ccc1-c1ccc(C(=O)N2CCN(C)CC2)cc1. The van der Waals surface area contributed by atoms with Gasteiger partial charge >= 0.3 is 5.97 Å². The molecule has 0 saturated carbocycles. The van der Waals surface area contributed by atoms with Gasteiger partial charge in [-0.1, -0.05) is 24.3 Å². The van der Waals surface area contributed by atoms with Crippen LogP contribution in [0.3, 0.4) is 0 Å². The van der Waals surface area contributed by atoms with Gasteiger partial charge in [0, 0.05) is 63.9 Å². The fraction of sp³-hybridized carbons (Fsp3) is 0.481. The van der Waals surface area contributed by atoms with Crippen molar-refractivity contribution in [2.45, 2.75) is 32.1 Å². The zero-order valence-corrected chi connectivity index (χ0v) is 20.3. The first kappa shape index (κ1) is 25.7. The highest BCUT2D eigenvalue weighted by molar-refractivity contribution is 5.95. The molecule has 1 heterocycles. The number of nitrogens with zero attached hydrogens (tertiary/aromatic N) is 2. The van der Waals surface area contributed by atoms with E-state index in [-0.39, 0.29) is 12.3 Å². The number of carboxylic acid groups (broad SMARTS) is 1. The van der Waals surface area contributed by atoms with Crippen LogP contribution in [0.1, 0.15) is 41.6 Å². The Morgan fingerprint density at radius 1 is 0.941 bits per heavy atom. The van der Waals surface area contributed by atoms with E-state index in [1.54, 1.807) is 7.11 Å². The van der Waals surface area contributed by atoms with Gasteiger partial charge < -0.3 is 24.4 Å². The molecule has 1 amide bonds. The quantitative estimate of drug-likeness (QED) is 0.475. The Kier molecular flexibility index (Phi) is 9.91. The first-order chi connectivity index (χ1) is 16.5. The third-order valence-corrected chi connectivity index (χ3v) is 6.14. The number of methoxy groups -OCH3 is 1. The number of aryl methyl sites for hydroxylation is 1. The smallest absolute Gasteiger partial charge is 0.303 e. The number of carboxylic acids is 1. The fourth-order valence-electron chi connectivity index (χ4n) is 4.06. The molecule has 1 N–H and O–H groups in total. The van der Waals surface area contributed by atoms with Crippen molar-refractivity contribution in [2.24, 2.45) is 0 Å². The number of carbonyl (C=O) groups excluding carboxylic acids is 1. The minimum Gasteiger partial charge on any atom is -0.493 e. The molecule has 2 aromatic rings. The van der Waals surface area contributed by atoms with Crippen molar-refractivity contribution < 1.29 is 24.2 Å². The van der Waals surface area contributed by atoms with Crippen molar-refractivity contribution >= 4 is 11.9 Å². The van der Waals surface area contributed by atoms with E-state index < -0.39 is 5.97 Å². The summed E-state index contributed by atoms with van der Waals surface area (Å²) in [4.78, 5) is 27.8. The van der Waals surface area contributed by atoms with E-state index in [4.69, 9.17) is 14.6 Å². The summed E-state index contributed by atoms with van der Waals surface area (Å²) in [5.74, 6) is 0.115. The van der Waals surface area contributed by atoms with Crippen molar-refractivity contribution in [3.63, 3.8) is 0 Å². The predicted molar refractivity (Wildman–Crippen MR) is 132 cm³/mol. The molecule has 0 aromatic heterocycles. The molecule has 0 bridgehead atoms. The Morgan fingerprint density at radius 3 is 2.35 bits per heavy atom. The van der Waals surface area contributed by atoms with Crippen molar-refractivity contribution in [2.75, 3.05) is 53.6 Å². The molecule has 0 unspecified atom stereocenters. The Labute approximate surface area is 202 Å². The molecule has 1 fully saturated rings. The summed E-state index contributed by atoms with van der Waals surface area (Å²) in [5, 5.41) is 8.84. The standard InChI is InChI=1S/C27H36N2O5/c1-28-14-16-29(17-15-28)27(32)23-11-9-22(10-12-23)24-13-8-21(6-3-4-7-26(30)31)20-25(24)34-19-5-18-33-2/h8-13,20H,3-7,14-19H2,1-2H3,(H,30,31). The van der Waals surface area contributed by atoms with E-state index in [1.807, 2.05) is 35.2 Å². The van der Waals surface area contributed by atoms with Crippen LogP contribution in [0.15, 0.2) is 42.5 Å². The molecule has 1 aliphatic heterocycles. The molecular weight excluding hydrogens is 432 g/mol. The lowest BCUT2D eigenvalue weighted by Gasteiger charge is -2.32. The van der Waals surface area contributed by atoms with E-state index in [9.17, 15) is 9.59 Å². The number of aliphatic carboxylic acids is 1. The van der Waals surface area contributed by atoms with E-state index >= 15 is 0 Å². The zero-order valence-electron chi connectivity index (χ0n) is 20.3. The normalized spacial score (nSPS) is 14.2. The molecule has 0 aliphatic carbocycles.